The van der Waals surface area contributed by atoms with Crippen LogP contribution in [-0.2, 0) is 16.2 Å². The van der Waals surface area contributed by atoms with E-state index in [-0.39, 0.29) is 25.0 Å². The van der Waals surface area contributed by atoms with Gasteiger partial charge >= 0.3 is 0 Å². The molecular weight excluding hydrogens is 583 g/mol. The number of benzene rings is 1. The maximum Gasteiger partial charge on any atom is 0.263 e. The highest BCUT2D eigenvalue weighted by Crippen LogP contribution is 2.37. The summed E-state index contributed by atoms with van der Waals surface area (Å²) in [4.78, 5) is 35.2. The number of piperidine rings is 1. The van der Waals surface area contributed by atoms with Gasteiger partial charge in [0.1, 0.15) is 24.3 Å². The fourth-order valence-corrected chi connectivity index (χ4v) is 7.42. The maximum atomic E-state index is 13.7. The Hall–Kier alpha value is -2.32. The van der Waals surface area contributed by atoms with Gasteiger partial charge in [-0.25, -0.2) is 4.98 Å². The number of hydrogen-bond donors (Lipinski definition) is 0. The molecule has 0 saturated carbocycles. The predicted octanol–water partition coefficient (Wildman–Crippen LogP) is 7.06. The Labute approximate surface area is 256 Å². The van der Waals surface area contributed by atoms with Gasteiger partial charge in [0.2, 0.25) is 0 Å². The Morgan fingerprint density at radius 3 is 2.29 bits per heavy atom. The molecular formula is C31H47N3O5SSi2. The van der Waals surface area contributed by atoms with Crippen LogP contribution in [0.1, 0.15) is 34.5 Å². The van der Waals surface area contributed by atoms with E-state index in [1.54, 1.807) is 0 Å². The first-order chi connectivity index (χ1) is 19.8. The molecule has 4 rings (SSSR count). The van der Waals surface area contributed by atoms with E-state index >= 15 is 0 Å². The summed E-state index contributed by atoms with van der Waals surface area (Å²) in [6.45, 7) is 18.9. The molecule has 230 valence electrons. The standard InChI is InChI=1S/C31H47N3O5SSi2/c1-23-17-27(31(36)33-11-9-8-10-12-33)40-29(23)24-18-25-28(26(19-24)39-22-38-14-16-42(5,6)7)32-20-34(30(25)35)21-37-13-15-41(2,3)4/h17-20H,8-16,21-22H2,1-7H3. The summed E-state index contributed by atoms with van der Waals surface area (Å²) < 4.78 is 19.3. The van der Waals surface area contributed by atoms with Gasteiger partial charge in [0.15, 0.2) is 6.79 Å². The van der Waals surface area contributed by atoms with Gasteiger partial charge in [-0.05, 0) is 67.6 Å². The van der Waals surface area contributed by atoms with Crippen molar-refractivity contribution in [3.63, 3.8) is 0 Å². The third kappa shape index (κ3) is 8.85. The van der Waals surface area contributed by atoms with Crippen LogP contribution < -0.4 is 10.3 Å². The first-order valence-corrected chi connectivity index (χ1v) is 23.3. The normalized spacial score (nSPS) is 14.5. The highest BCUT2D eigenvalue weighted by molar-refractivity contribution is 7.17. The van der Waals surface area contributed by atoms with E-state index in [1.165, 1.54) is 28.7 Å². The average Bonchev–Trinajstić information content (AvgIpc) is 3.32. The molecule has 0 N–H and O–H groups in total. The van der Waals surface area contributed by atoms with Crippen molar-refractivity contribution in [3.05, 3.63) is 45.3 Å². The Balaban J connectivity index is 1.64. The first-order valence-electron chi connectivity index (χ1n) is 15.0. The van der Waals surface area contributed by atoms with Crippen molar-refractivity contribution in [2.75, 3.05) is 33.1 Å². The van der Waals surface area contributed by atoms with Crippen molar-refractivity contribution >= 4 is 44.3 Å². The maximum absolute atomic E-state index is 13.7. The zero-order chi connectivity index (χ0) is 30.5. The van der Waals surface area contributed by atoms with Crippen LogP contribution >= 0.6 is 11.3 Å². The number of ether oxygens (including phenoxy) is 3. The highest BCUT2D eigenvalue weighted by Gasteiger charge is 2.23. The van der Waals surface area contributed by atoms with E-state index in [4.69, 9.17) is 14.2 Å². The Morgan fingerprint density at radius 2 is 1.62 bits per heavy atom. The van der Waals surface area contributed by atoms with E-state index in [9.17, 15) is 9.59 Å². The summed E-state index contributed by atoms with van der Waals surface area (Å²) in [5.41, 5.74) is 2.14. The molecule has 0 atom stereocenters. The number of fused-ring (bicyclic) bond motifs is 1. The Kier molecular flexibility index (Phi) is 10.8. The fraction of sp³-hybridized carbons (Fsp3) is 0.581. The quantitative estimate of drug-likeness (QED) is 0.114. The molecule has 1 saturated heterocycles. The van der Waals surface area contributed by atoms with Gasteiger partial charge in [-0.2, -0.15) is 0 Å². The Bertz CT molecular complexity index is 1440. The summed E-state index contributed by atoms with van der Waals surface area (Å²) in [6, 6.07) is 7.82. The number of likely N-dealkylation sites (tertiary alicyclic amines) is 1. The third-order valence-corrected chi connectivity index (χ3v) is 12.1. The van der Waals surface area contributed by atoms with Gasteiger partial charge in [-0.1, -0.05) is 39.3 Å². The van der Waals surface area contributed by atoms with E-state index in [1.807, 2.05) is 30.0 Å². The summed E-state index contributed by atoms with van der Waals surface area (Å²) >= 11 is 1.47. The van der Waals surface area contributed by atoms with Crippen LogP contribution in [0.3, 0.4) is 0 Å². The number of amides is 1. The molecule has 1 aliphatic rings. The van der Waals surface area contributed by atoms with Crippen molar-refractivity contribution in [2.45, 2.75) is 84.3 Å². The number of carbonyl (C=O) groups excluding carboxylic acids is 1. The molecule has 0 unspecified atom stereocenters. The van der Waals surface area contributed by atoms with Crippen LogP contribution in [0, 0.1) is 6.92 Å². The van der Waals surface area contributed by atoms with Gasteiger partial charge < -0.3 is 19.1 Å². The highest BCUT2D eigenvalue weighted by atomic mass is 32.1. The number of nitrogens with zero attached hydrogens (tertiary/aromatic N) is 3. The monoisotopic (exact) mass is 629 g/mol. The molecule has 0 spiro atoms. The van der Waals surface area contributed by atoms with Gasteiger partial charge in [-0.3, -0.25) is 14.2 Å². The van der Waals surface area contributed by atoms with Crippen molar-refractivity contribution in [2.24, 2.45) is 0 Å². The molecule has 1 aliphatic heterocycles. The molecule has 1 aromatic carbocycles. The van der Waals surface area contributed by atoms with Crippen LogP contribution in [-0.4, -0.2) is 69.6 Å². The second-order valence-corrected chi connectivity index (χ2v) is 26.0. The minimum absolute atomic E-state index is 0.0791. The second-order valence-electron chi connectivity index (χ2n) is 13.7. The SMILES string of the molecule is Cc1cc(C(=O)N2CCCCC2)sc1-c1cc(OCOCC[Si](C)(C)C)c2ncn(COCC[Si](C)(C)C)c(=O)c2c1. The smallest absolute Gasteiger partial charge is 0.263 e. The average molecular weight is 630 g/mol. The zero-order valence-corrected chi connectivity index (χ0v) is 29.2. The number of carbonyl (C=O) groups is 1. The number of aromatic nitrogens is 2. The first kappa shape index (κ1) is 32.6. The van der Waals surface area contributed by atoms with E-state index < -0.39 is 16.1 Å². The minimum Gasteiger partial charge on any atom is -0.465 e. The van der Waals surface area contributed by atoms with E-state index in [0.717, 1.165) is 58.9 Å². The number of rotatable bonds is 13. The minimum atomic E-state index is -1.24. The Morgan fingerprint density at radius 1 is 0.952 bits per heavy atom. The van der Waals surface area contributed by atoms with Crippen molar-refractivity contribution in [3.8, 4) is 16.2 Å². The largest absolute Gasteiger partial charge is 0.465 e. The lowest BCUT2D eigenvalue weighted by Crippen LogP contribution is -2.35. The molecule has 42 heavy (non-hydrogen) atoms. The molecule has 11 heteroatoms. The summed E-state index contributed by atoms with van der Waals surface area (Å²) in [5.74, 6) is 0.581. The van der Waals surface area contributed by atoms with Crippen LogP contribution in [0.2, 0.25) is 51.4 Å². The third-order valence-electron chi connectivity index (χ3n) is 7.45. The van der Waals surface area contributed by atoms with Crippen LogP contribution in [0.4, 0.5) is 0 Å². The summed E-state index contributed by atoms with van der Waals surface area (Å²) in [7, 11) is -2.46. The molecule has 0 aliphatic carbocycles. The van der Waals surface area contributed by atoms with Crippen LogP contribution in [0.15, 0.2) is 29.3 Å². The van der Waals surface area contributed by atoms with Crippen LogP contribution in [0.5, 0.6) is 5.75 Å². The lowest BCUT2D eigenvalue weighted by atomic mass is 10.1. The van der Waals surface area contributed by atoms with Gasteiger partial charge in [0.25, 0.3) is 11.5 Å². The molecule has 8 nitrogen and oxygen atoms in total. The fourth-order valence-electron chi connectivity index (χ4n) is 4.78. The van der Waals surface area contributed by atoms with Crippen LogP contribution in [0.25, 0.3) is 21.3 Å². The van der Waals surface area contributed by atoms with E-state index in [0.29, 0.717) is 29.9 Å². The summed E-state index contributed by atoms with van der Waals surface area (Å²) in [6.07, 6.45) is 4.81. The van der Waals surface area contributed by atoms with Gasteiger partial charge in [-0.15, -0.1) is 11.3 Å². The molecule has 1 fully saturated rings. The number of thiophene rings is 1. The second kappa shape index (κ2) is 14.0. The number of hydrogen-bond acceptors (Lipinski definition) is 7. The lowest BCUT2D eigenvalue weighted by Gasteiger charge is -2.26. The molecule has 3 heterocycles. The molecule has 3 aromatic rings. The molecule has 0 radical (unpaired) electrons. The van der Waals surface area contributed by atoms with Crippen molar-refractivity contribution in [1.29, 1.82) is 0 Å². The topological polar surface area (TPSA) is 82.9 Å². The van der Waals surface area contributed by atoms with Crippen molar-refractivity contribution in [1.82, 2.24) is 14.5 Å². The van der Waals surface area contributed by atoms with Crippen molar-refractivity contribution < 1.29 is 19.0 Å². The predicted molar refractivity (Wildman–Crippen MR) is 178 cm³/mol. The lowest BCUT2D eigenvalue weighted by molar-refractivity contribution is 0.0228. The van der Waals surface area contributed by atoms with Gasteiger partial charge in [0.05, 0.1) is 10.3 Å². The molecule has 2 aromatic heterocycles. The van der Waals surface area contributed by atoms with E-state index in [2.05, 4.69) is 44.3 Å². The zero-order valence-electron chi connectivity index (χ0n) is 26.4. The molecule has 0 bridgehead atoms. The number of aryl methyl sites for hydroxylation is 1. The molecule has 1 amide bonds. The van der Waals surface area contributed by atoms with Gasteiger partial charge in [0, 0.05) is 47.3 Å². The summed E-state index contributed by atoms with van der Waals surface area (Å²) in [5, 5.41) is 0.456.